The maximum Gasteiger partial charge on any atom is 0.414 e. The molecule has 0 saturated carbocycles. The second-order valence-corrected chi connectivity index (χ2v) is 3.53. The highest BCUT2D eigenvalue weighted by molar-refractivity contribution is 5.81. The smallest absolute Gasteiger partial charge is 0.414 e. The van der Waals surface area contributed by atoms with Gasteiger partial charge in [-0.2, -0.15) is 4.98 Å². The lowest BCUT2D eigenvalue weighted by Gasteiger charge is -2.05. The third kappa shape index (κ3) is 3.80. The molecule has 0 radical (unpaired) electrons. The molecule has 19 heavy (non-hydrogen) atoms. The molecule has 2 aromatic rings. The minimum absolute atomic E-state index is 0.0695. The number of aromatic amines is 2. The maximum atomic E-state index is 11.4. The van der Waals surface area contributed by atoms with Crippen LogP contribution in [0.2, 0.25) is 0 Å². The van der Waals surface area contributed by atoms with Gasteiger partial charge in [0.25, 0.3) is 0 Å². The first kappa shape index (κ1) is 12.6. The molecule has 0 atom stereocenters. The van der Waals surface area contributed by atoms with E-state index in [9.17, 15) is 14.4 Å². The molecule has 0 bridgehead atoms. The van der Waals surface area contributed by atoms with Crippen molar-refractivity contribution in [3.63, 3.8) is 0 Å². The van der Waals surface area contributed by atoms with Crippen molar-refractivity contribution in [3.8, 4) is 0 Å². The average Bonchev–Trinajstić information content (AvgIpc) is 2.36. The number of benzene rings is 1. The third-order valence-electron chi connectivity index (χ3n) is 2.10. The Hall–Kier alpha value is -2.90. The first-order valence-electron chi connectivity index (χ1n) is 5.32. The van der Waals surface area contributed by atoms with Crippen LogP contribution in [0.5, 0.6) is 0 Å². The summed E-state index contributed by atoms with van der Waals surface area (Å²) < 4.78 is 4.89. The SMILES string of the molecule is O=C(Nc1nc(=O)[nH]c(=O)[nH]1)OCc1ccccc1. The topological polar surface area (TPSA) is 117 Å². The Morgan fingerprint density at radius 3 is 2.63 bits per heavy atom. The lowest BCUT2D eigenvalue weighted by atomic mass is 10.2. The van der Waals surface area contributed by atoms with Crippen LogP contribution in [0.15, 0.2) is 39.9 Å². The van der Waals surface area contributed by atoms with Gasteiger partial charge in [-0.05, 0) is 5.56 Å². The van der Waals surface area contributed by atoms with Crippen LogP contribution in [0.1, 0.15) is 5.56 Å². The Balaban J connectivity index is 1.94. The van der Waals surface area contributed by atoms with Crippen LogP contribution in [-0.2, 0) is 11.3 Å². The number of anilines is 1. The summed E-state index contributed by atoms with van der Waals surface area (Å²) in [7, 11) is 0. The Labute approximate surface area is 106 Å². The number of hydrogen-bond donors (Lipinski definition) is 3. The van der Waals surface area contributed by atoms with Gasteiger partial charge in [0.15, 0.2) is 0 Å². The molecule has 0 aliphatic heterocycles. The molecule has 0 aliphatic carbocycles. The summed E-state index contributed by atoms with van der Waals surface area (Å²) in [5.74, 6) is -0.271. The maximum absolute atomic E-state index is 11.4. The lowest BCUT2D eigenvalue weighted by Crippen LogP contribution is -2.28. The standard InChI is InChI=1S/C11H10N4O4/c16-9-12-8(13-10(17)15-9)14-11(18)19-6-7-4-2-1-3-5-7/h1-5H,6H2,(H3,12,13,14,15,16,17,18). The van der Waals surface area contributed by atoms with E-state index in [-0.39, 0.29) is 12.6 Å². The quantitative estimate of drug-likeness (QED) is 0.730. The summed E-state index contributed by atoms with van der Waals surface area (Å²) in [6.45, 7) is 0.0695. The third-order valence-corrected chi connectivity index (χ3v) is 2.10. The molecular formula is C11H10N4O4. The number of carbonyl (C=O) groups is 1. The van der Waals surface area contributed by atoms with E-state index in [1.165, 1.54) is 0 Å². The van der Waals surface area contributed by atoms with Crippen LogP contribution < -0.4 is 16.7 Å². The van der Waals surface area contributed by atoms with E-state index >= 15 is 0 Å². The van der Waals surface area contributed by atoms with Gasteiger partial charge in [-0.3, -0.25) is 15.3 Å². The first-order chi connectivity index (χ1) is 9.13. The number of carbonyl (C=O) groups excluding carboxylic acids is 1. The zero-order valence-corrected chi connectivity index (χ0v) is 9.67. The van der Waals surface area contributed by atoms with Gasteiger partial charge in [0.05, 0.1) is 0 Å². The van der Waals surface area contributed by atoms with Crippen LogP contribution >= 0.6 is 0 Å². The Morgan fingerprint density at radius 2 is 1.95 bits per heavy atom. The van der Waals surface area contributed by atoms with Gasteiger partial charge >= 0.3 is 17.5 Å². The summed E-state index contributed by atoms with van der Waals surface area (Å²) >= 11 is 0. The first-order valence-corrected chi connectivity index (χ1v) is 5.32. The van der Waals surface area contributed by atoms with Crippen molar-refractivity contribution in [2.75, 3.05) is 5.32 Å². The van der Waals surface area contributed by atoms with E-state index < -0.39 is 17.5 Å². The molecule has 0 saturated heterocycles. The van der Waals surface area contributed by atoms with Crippen molar-refractivity contribution in [2.24, 2.45) is 0 Å². The Morgan fingerprint density at radius 1 is 1.21 bits per heavy atom. The fraction of sp³-hybridized carbons (Fsp3) is 0.0909. The summed E-state index contributed by atoms with van der Waals surface area (Å²) in [5, 5.41) is 2.15. The molecule has 1 amide bonds. The van der Waals surface area contributed by atoms with E-state index in [4.69, 9.17) is 4.74 Å². The van der Waals surface area contributed by atoms with E-state index in [2.05, 4.69) is 15.3 Å². The molecule has 1 aromatic carbocycles. The zero-order valence-electron chi connectivity index (χ0n) is 9.67. The number of rotatable bonds is 3. The van der Waals surface area contributed by atoms with Crippen molar-refractivity contribution in [1.82, 2.24) is 15.0 Å². The zero-order chi connectivity index (χ0) is 13.7. The number of H-pyrrole nitrogens is 2. The van der Waals surface area contributed by atoms with Crippen LogP contribution in [0.25, 0.3) is 0 Å². The van der Waals surface area contributed by atoms with Crippen molar-refractivity contribution in [2.45, 2.75) is 6.61 Å². The normalized spacial score (nSPS) is 9.89. The molecule has 8 nitrogen and oxygen atoms in total. The second-order valence-electron chi connectivity index (χ2n) is 3.53. The van der Waals surface area contributed by atoms with Gasteiger partial charge < -0.3 is 4.74 Å². The highest BCUT2D eigenvalue weighted by Crippen LogP contribution is 2.01. The van der Waals surface area contributed by atoms with Gasteiger partial charge in [-0.15, -0.1) is 0 Å². The highest BCUT2D eigenvalue weighted by atomic mass is 16.5. The Bertz CT molecular complexity index is 649. The van der Waals surface area contributed by atoms with Crippen molar-refractivity contribution >= 4 is 12.0 Å². The van der Waals surface area contributed by atoms with Crippen molar-refractivity contribution in [1.29, 1.82) is 0 Å². The molecule has 0 aliphatic rings. The average molecular weight is 262 g/mol. The number of nitrogens with one attached hydrogen (secondary N) is 3. The predicted octanol–water partition coefficient (Wildman–Crippen LogP) is 0.207. The summed E-state index contributed by atoms with van der Waals surface area (Å²) in [6, 6.07) is 9.05. The van der Waals surface area contributed by atoms with Gasteiger partial charge in [-0.1, -0.05) is 30.3 Å². The summed E-state index contributed by atoms with van der Waals surface area (Å²) in [6.07, 6.45) is -0.822. The molecule has 2 rings (SSSR count). The summed E-state index contributed by atoms with van der Waals surface area (Å²) in [5.41, 5.74) is -0.814. The minimum atomic E-state index is -0.859. The van der Waals surface area contributed by atoms with Crippen LogP contribution in [0.4, 0.5) is 10.7 Å². The van der Waals surface area contributed by atoms with E-state index in [1.807, 2.05) is 23.2 Å². The van der Waals surface area contributed by atoms with Gasteiger partial charge in [0.1, 0.15) is 6.61 Å². The molecule has 8 heteroatoms. The van der Waals surface area contributed by atoms with E-state index in [0.29, 0.717) is 0 Å². The number of amides is 1. The molecular weight excluding hydrogens is 252 g/mol. The van der Waals surface area contributed by atoms with Crippen molar-refractivity contribution in [3.05, 3.63) is 56.9 Å². The Kier molecular flexibility index (Phi) is 3.72. The molecule has 1 aromatic heterocycles. The number of aromatic nitrogens is 3. The van der Waals surface area contributed by atoms with Gasteiger partial charge in [0.2, 0.25) is 5.95 Å². The molecule has 0 spiro atoms. The van der Waals surface area contributed by atoms with E-state index in [1.54, 1.807) is 12.1 Å². The monoisotopic (exact) mass is 262 g/mol. The fourth-order valence-electron chi connectivity index (χ4n) is 1.31. The van der Waals surface area contributed by atoms with Crippen molar-refractivity contribution < 1.29 is 9.53 Å². The molecule has 1 heterocycles. The highest BCUT2D eigenvalue weighted by Gasteiger charge is 2.06. The molecule has 3 N–H and O–H groups in total. The fourth-order valence-corrected chi connectivity index (χ4v) is 1.31. The van der Waals surface area contributed by atoms with E-state index in [0.717, 1.165) is 5.56 Å². The van der Waals surface area contributed by atoms with Crippen LogP contribution in [-0.4, -0.2) is 21.0 Å². The molecule has 98 valence electrons. The largest absolute Gasteiger partial charge is 0.444 e. The second kappa shape index (κ2) is 5.63. The van der Waals surface area contributed by atoms with Gasteiger partial charge in [0, 0.05) is 0 Å². The molecule has 0 unspecified atom stereocenters. The lowest BCUT2D eigenvalue weighted by molar-refractivity contribution is 0.155. The van der Waals surface area contributed by atoms with Gasteiger partial charge in [-0.25, -0.2) is 14.4 Å². The molecule has 0 fully saturated rings. The predicted molar refractivity (Wildman–Crippen MR) is 65.7 cm³/mol. The van der Waals surface area contributed by atoms with Crippen LogP contribution in [0.3, 0.4) is 0 Å². The number of nitrogens with zero attached hydrogens (tertiary/aromatic N) is 1. The number of ether oxygens (including phenoxy) is 1. The minimum Gasteiger partial charge on any atom is -0.444 e. The summed E-state index contributed by atoms with van der Waals surface area (Å²) in [4.78, 5) is 40.6. The number of hydrogen-bond acceptors (Lipinski definition) is 5. The van der Waals surface area contributed by atoms with Crippen LogP contribution in [0, 0.1) is 0 Å².